The smallest absolute Gasteiger partial charge is 0.235 e. The highest BCUT2D eigenvalue weighted by Gasteiger charge is 2.28. The van der Waals surface area contributed by atoms with Gasteiger partial charge in [0.2, 0.25) is 3.79 Å². The molecule has 12 heavy (non-hydrogen) atoms. The molecule has 1 rings (SSSR count). The maximum absolute atomic E-state index is 5.60. The third-order valence-electron chi connectivity index (χ3n) is 0.969. The second-order valence-electron chi connectivity index (χ2n) is 1.83. The first kappa shape index (κ1) is 10.6. The molecule has 66 valence electrons. The summed E-state index contributed by atoms with van der Waals surface area (Å²) in [6.07, 6.45) is 1.25. The quantitative estimate of drug-likeness (QED) is 0.670. The zero-order valence-electron chi connectivity index (χ0n) is 5.36. The number of rotatable bonds is 0. The van der Waals surface area contributed by atoms with Crippen molar-refractivity contribution >= 4 is 58.0 Å². The number of aromatic nitrogens is 2. The normalized spacial score (nSPS) is 11.8. The molecule has 0 fully saturated rings. The molecule has 0 unspecified atom stereocenters. The summed E-state index contributed by atoms with van der Waals surface area (Å²) in [5.41, 5.74) is 0.0681. The van der Waals surface area contributed by atoms with Crippen molar-refractivity contribution in [3.05, 3.63) is 22.2 Å². The van der Waals surface area contributed by atoms with E-state index in [9.17, 15) is 0 Å². The summed E-state index contributed by atoms with van der Waals surface area (Å²) in [6, 6.07) is 0. The van der Waals surface area contributed by atoms with Crippen LogP contribution in [-0.4, -0.2) is 9.97 Å². The van der Waals surface area contributed by atoms with Crippen LogP contribution in [-0.2, 0) is 3.79 Å². The van der Waals surface area contributed by atoms with Crippen LogP contribution in [0.4, 0.5) is 0 Å². The van der Waals surface area contributed by atoms with Gasteiger partial charge >= 0.3 is 0 Å². The van der Waals surface area contributed by atoms with Crippen LogP contribution in [0.1, 0.15) is 5.69 Å². The van der Waals surface area contributed by atoms with E-state index in [0.29, 0.717) is 0 Å². The van der Waals surface area contributed by atoms with Crippen molar-refractivity contribution in [1.82, 2.24) is 9.97 Å². The lowest BCUT2D eigenvalue weighted by atomic mass is 10.5. The van der Waals surface area contributed by atoms with Crippen LogP contribution in [0.5, 0.6) is 0 Å². The largest absolute Gasteiger partial charge is 0.250 e. The Balaban J connectivity index is 3.19. The fourth-order valence-corrected chi connectivity index (χ4v) is 1.55. The van der Waals surface area contributed by atoms with Crippen molar-refractivity contribution in [3.63, 3.8) is 0 Å². The van der Waals surface area contributed by atoms with E-state index < -0.39 is 3.79 Å². The number of nitrogens with zero attached hydrogens (tertiary/aromatic N) is 2. The second-order valence-corrected chi connectivity index (χ2v) is 4.86. The molecule has 1 aromatic rings. The van der Waals surface area contributed by atoms with Crippen molar-refractivity contribution in [3.8, 4) is 0 Å². The SMILES string of the molecule is Clc1cnc(C(Cl)(Cl)Cl)c(Cl)n1. The summed E-state index contributed by atoms with van der Waals surface area (Å²) in [5.74, 6) is 0. The lowest BCUT2D eigenvalue weighted by Crippen LogP contribution is -2.05. The first-order chi connectivity index (χ1) is 5.41. The molecule has 0 aliphatic carbocycles. The van der Waals surface area contributed by atoms with Crippen LogP contribution >= 0.6 is 58.0 Å². The Morgan fingerprint density at radius 1 is 1.17 bits per heavy atom. The summed E-state index contributed by atoms with van der Waals surface area (Å²) >= 11 is 27.6. The van der Waals surface area contributed by atoms with Gasteiger partial charge in [-0.25, -0.2) is 4.98 Å². The molecule has 0 aliphatic heterocycles. The molecular weight excluding hydrogens is 265 g/mol. The molecule has 0 aromatic carbocycles. The molecule has 0 spiro atoms. The van der Waals surface area contributed by atoms with Crippen molar-refractivity contribution in [1.29, 1.82) is 0 Å². The lowest BCUT2D eigenvalue weighted by Gasteiger charge is -2.10. The van der Waals surface area contributed by atoms with Crippen LogP contribution in [0.3, 0.4) is 0 Å². The maximum Gasteiger partial charge on any atom is 0.235 e. The minimum atomic E-state index is -1.67. The minimum Gasteiger partial charge on any atom is -0.250 e. The van der Waals surface area contributed by atoms with E-state index in [1.54, 1.807) is 0 Å². The van der Waals surface area contributed by atoms with Crippen LogP contribution < -0.4 is 0 Å². The van der Waals surface area contributed by atoms with Gasteiger partial charge in [0.15, 0.2) is 5.15 Å². The molecular formula is C5HCl5N2. The predicted octanol–water partition coefficient (Wildman–Crippen LogP) is 3.61. The summed E-state index contributed by atoms with van der Waals surface area (Å²) in [5, 5.41) is 0.139. The molecule has 0 amide bonds. The Morgan fingerprint density at radius 2 is 1.75 bits per heavy atom. The molecule has 1 heterocycles. The van der Waals surface area contributed by atoms with Gasteiger partial charge in [0.25, 0.3) is 0 Å². The first-order valence-corrected chi connectivity index (χ1v) is 4.55. The highest BCUT2D eigenvalue weighted by molar-refractivity contribution is 6.67. The Labute approximate surface area is 93.8 Å². The zero-order valence-corrected chi connectivity index (χ0v) is 9.14. The molecule has 0 atom stereocenters. The fraction of sp³-hybridized carbons (Fsp3) is 0.200. The molecule has 1 aromatic heterocycles. The molecule has 0 saturated carbocycles. The van der Waals surface area contributed by atoms with Crippen molar-refractivity contribution in [2.24, 2.45) is 0 Å². The van der Waals surface area contributed by atoms with Crippen LogP contribution in [0, 0.1) is 0 Å². The number of alkyl halides is 3. The Bertz CT molecular complexity index is 294. The molecule has 2 nitrogen and oxygen atoms in total. The monoisotopic (exact) mass is 264 g/mol. The topological polar surface area (TPSA) is 25.8 Å². The summed E-state index contributed by atoms with van der Waals surface area (Å²) in [4.78, 5) is 7.38. The Morgan fingerprint density at radius 3 is 2.17 bits per heavy atom. The fourth-order valence-electron chi connectivity index (χ4n) is 0.537. The standard InChI is InChI=1S/C5HCl5N2/c6-2-1-11-3(4(7)12-2)5(8,9)10/h1H. The van der Waals surface area contributed by atoms with E-state index in [0.717, 1.165) is 0 Å². The van der Waals surface area contributed by atoms with E-state index >= 15 is 0 Å². The highest BCUT2D eigenvalue weighted by atomic mass is 35.6. The number of halogens is 5. The van der Waals surface area contributed by atoms with Gasteiger partial charge in [-0.05, 0) is 0 Å². The molecule has 0 N–H and O–H groups in total. The minimum absolute atomic E-state index is 0.0116. The Hall–Kier alpha value is 0.530. The number of hydrogen-bond acceptors (Lipinski definition) is 2. The molecule has 0 bridgehead atoms. The van der Waals surface area contributed by atoms with Gasteiger partial charge < -0.3 is 0 Å². The van der Waals surface area contributed by atoms with E-state index in [1.165, 1.54) is 6.20 Å². The van der Waals surface area contributed by atoms with Gasteiger partial charge in [0, 0.05) is 0 Å². The Kier molecular flexibility index (Phi) is 3.29. The molecule has 0 saturated heterocycles. The van der Waals surface area contributed by atoms with E-state index in [-0.39, 0.29) is 16.0 Å². The lowest BCUT2D eigenvalue weighted by molar-refractivity contribution is 1.04. The highest BCUT2D eigenvalue weighted by Crippen LogP contribution is 2.39. The summed E-state index contributed by atoms with van der Waals surface area (Å²) < 4.78 is -1.67. The summed E-state index contributed by atoms with van der Waals surface area (Å²) in [7, 11) is 0. The zero-order chi connectivity index (χ0) is 9.35. The van der Waals surface area contributed by atoms with Gasteiger partial charge in [-0.15, -0.1) is 0 Å². The van der Waals surface area contributed by atoms with Gasteiger partial charge in [-0.1, -0.05) is 58.0 Å². The molecule has 0 radical (unpaired) electrons. The van der Waals surface area contributed by atoms with Crippen LogP contribution in [0.25, 0.3) is 0 Å². The maximum atomic E-state index is 5.60. The van der Waals surface area contributed by atoms with Crippen LogP contribution in [0.2, 0.25) is 10.3 Å². The average molecular weight is 266 g/mol. The van der Waals surface area contributed by atoms with Gasteiger partial charge in [0.05, 0.1) is 6.20 Å². The third-order valence-corrected chi connectivity index (χ3v) is 1.95. The second kappa shape index (κ2) is 3.72. The first-order valence-electron chi connectivity index (χ1n) is 2.66. The van der Waals surface area contributed by atoms with Crippen molar-refractivity contribution in [2.45, 2.75) is 3.79 Å². The van der Waals surface area contributed by atoms with E-state index in [1.807, 2.05) is 0 Å². The average Bonchev–Trinajstić information content (AvgIpc) is 1.83. The van der Waals surface area contributed by atoms with Crippen molar-refractivity contribution < 1.29 is 0 Å². The van der Waals surface area contributed by atoms with E-state index in [2.05, 4.69) is 9.97 Å². The molecule has 0 aliphatic rings. The van der Waals surface area contributed by atoms with Gasteiger partial charge in [-0.3, -0.25) is 4.98 Å². The van der Waals surface area contributed by atoms with Crippen LogP contribution in [0.15, 0.2) is 6.20 Å². The third kappa shape index (κ3) is 2.51. The van der Waals surface area contributed by atoms with Crippen molar-refractivity contribution in [2.75, 3.05) is 0 Å². The molecule has 7 heteroatoms. The number of hydrogen-bond donors (Lipinski definition) is 0. The van der Waals surface area contributed by atoms with E-state index in [4.69, 9.17) is 58.0 Å². The van der Waals surface area contributed by atoms with Gasteiger partial charge in [0.1, 0.15) is 10.8 Å². The predicted molar refractivity (Wildman–Crippen MR) is 51.3 cm³/mol. The van der Waals surface area contributed by atoms with Gasteiger partial charge in [-0.2, -0.15) is 0 Å². The summed E-state index contributed by atoms with van der Waals surface area (Å²) in [6.45, 7) is 0.